The molecule has 1 N–H and O–H groups in total. The van der Waals surface area contributed by atoms with E-state index in [-0.39, 0.29) is 4.90 Å². The molecular weight excluding hydrogens is 468 g/mol. The average molecular weight is 499 g/mol. The van der Waals surface area contributed by atoms with Crippen LogP contribution < -0.4 is 15.6 Å². The van der Waals surface area contributed by atoms with Gasteiger partial charge in [-0.15, -0.1) is 0 Å². The first kappa shape index (κ1) is 26.1. The lowest BCUT2D eigenvalue weighted by Crippen LogP contribution is -2.33. The second-order valence-corrected chi connectivity index (χ2v) is 9.87. The van der Waals surface area contributed by atoms with Crippen molar-refractivity contribution in [1.82, 2.24) is 14.1 Å². The predicted molar refractivity (Wildman–Crippen MR) is 135 cm³/mol. The van der Waals surface area contributed by atoms with Crippen molar-refractivity contribution in [2.75, 3.05) is 25.5 Å². The SMILES string of the molecule is CCN(CC)S(=O)(=O)c1cc(-c2ccc(=O)n(C(C)C(=O)Nc3cccc(OC)c3)n2)ccc1C. The van der Waals surface area contributed by atoms with Crippen molar-refractivity contribution in [2.24, 2.45) is 0 Å². The van der Waals surface area contributed by atoms with E-state index >= 15 is 0 Å². The molecule has 0 radical (unpaired) electrons. The van der Waals surface area contributed by atoms with Gasteiger partial charge in [-0.25, -0.2) is 13.1 Å². The Labute approximate surface area is 205 Å². The summed E-state index contributed by atoms with van der Waals surface area (Å²) in [7, 11) is -2.16. The van der Waals surface area contributed by atoms with Gasteiger partial charge in [0.15, 0.2) is 0 Å². The number of benzene rings is 2. The maximum atomic E-state index is 13.1. The highest BCUT2D eigenvalue weighted by Gasteiger charge is 2.25. The fraction of sp³-hybridized carbons (Fsp3) is 0.320. The fourth-order valence-electron chi connectivity index (χ4n) is 3.66. The van der Waals surface area contributed by atoms with Crippen molar-refractivity contribution < 1.29 is 17.9 Å². The van der Waals surface area contributed by atoms with Crippen molar-refractivity contribution >= 4 is 21.6 Å². The minimum absolute atomic E-state index is 0.182. The van der Waals surface area contributed by atoms with Crippen LogP contribution in [0.4, 0.5) is 5.69 Å². The molecule has 1 aromatic heterocycles. The third-order valence-electron chi connectivity index (χ3n) is 5.72. The van der Waals surface area contributed by atoms with E-state index in [0.29, 0.717) is 41.3 Å². The van der Waals surface area contributed by atoms with Gasteiger partial charge >= 0.3 is 0 Å². The molecule has 10 heteroatoms. The Kier molecular flexibility index (Phi) is 8.08. The van der Waals surface area contributed by atoms with Gasteiger partial charge in [0.05, 0.1) is 17.7 Å². The van der Waals surface area contributed by atoms with Crippen molar-refractivity contribution in [2.45, 2.75) is 38.6 Å². The molecule has 1 unspecified atom stereocenters. The third-order valence-corrected chi connectivity index (χ3v) is 7.91. The van der Waals surface area contributed by atoms with Crippen LogP contribution in [-0.4, -0.2) is 48.6 Å². The Balaban J connectivity index is 1.96. The van der Waals surface area contributed by atoms with E-state index < -0.39 is 27.5 Å². The first-order valence-corrected chi connectivity index (χ1v) is 12.7. The van der Waals surface area contributed by atoms with Crippen LogP contribution in [0.1, 0.15) is 32.4 Å². The topological polar surface area (TPSA) is 111 Å². The van der Waals surface area contributed by atoms with Gasteiger partial charge in [0.25, 0.3) is 5.56 Å². The van der Waals surface area contributed by atoms with E-state index in [4.69, 9.17) is 4.74 Å². The number of nitrogens with zero attached hydrogens (tertiary/aromatic N) is 3. The zero-order chi connectivity index (χ0) is 25.8. The quantitative estimate of drug-likeness (QED) is 0.484. The molecule has 0 spiro atoms. The molecule has 9 nitrogen and oxygen atoms in total. The molecular formula is C25H30N4O5S. The number of methoxy groups -OCH3 is 1. The van der Waals surface area contributed by atoms with Gasteiger partial charge in [-0.1, -0.05) is 32.0 Å². The van der Waals surface area contributed by atoms with Crippen LogP contribution in [0.5, 0.6) is 5.75 Å². The first-order valence-electron chi connectivity index (χ1n) is 11.3. The molecule has 3 aromatic rings. The monoisotopic (exact) mass is 498 g/mol. The number of rotatable bonds is 9. The molecule has 2 aromatic carbocycles. The maximum absolute atomic E-state index is 13.1. The number of hydrogen-bond donors (Lipinski definition) is 1. The number of aryl methyl sites for hydroxylation is 1. The van der Waals surface area contributed by atoms with Crippen LogP contribution in [-0.2, 0) is 14.8 Å². The summed E-state index contributed by atoms with van der Waals surface area (Å²) in [6.45, 7) is 7.58. The minimum Gasteiger partial charge on any atom is -0.497 e. The Bertz CT molecular complexity index is 1380. The van der Waals surface area contributed by atoms with E-state index in [9.17, 15) is 18.0 Å². The van der Waals surface area contributed by atoms with E-state index in [1.54, 1.807) is 70.2 Å². The molecule has 0 fully saturated rings. The van der Waals surface area contributed by atoms with Crippen molar-refractivity contribution in [3.63, 3.8) is 0 Å². The Morgan fingerprint density at radius 3 is 2.49 bits per heavy atom. The van der Waals surface area contributed by atoms with E-state index in [1.807, 2.05) is 0 Å². The molecule has 0 saturated heterocycles. The molecule has 35 heavy (non-hydrogen) atoms. The van der Waals surface area contributed by atoms with E-state index in [0.717, 1.165) is 4.68 Å². The predicted octanol–water partition coefficient (Wildman–Crippen LogP) is 3.46. The number of anilines is 1. The standard InChI is InChI=1S/C25H30N4O5S/c1-6-28(7-2)35(32,33)23-15-19(12-11-17(23)3)22-13-14-24(30)29(27-22)18(4)25(31)26-20-9-8-10-21(16-20)34-5/h8-16,18H,6-7H2,1-5H3,(H,26,31). The molecule has 0 aliphatic heterocycles. The number of nitrogens with one attached hydrogen (secondary N) is 1. The first-order chi connectivity index (χ1) is 16.6. The summed E-state index contributed by atoms with van der Waals surface area (Å²) < 4.78 is 33.9. The molecule has 1 heterocycles. The summed E-state index contributed by atoms with van der Waals surface area (Å²) in [5.41, 5.74) is 1.58. The van der Waals surface area contributed by atoms with Gasteiger partial charge in [-0.2, -0.15) is 9.40 Å². The lowest BCUT2D eigenvalue weighted by Gasteiger charge is -2.20. The summed E-state index contributed by atoms with van der Waals surface area (Å²) >= 11 is 0. The van der Waals surface area contributed by atoms with Crippen molar-refractivity contribution in [3.8, 4) is 17.0 Å². The number of carbonyl (C=O) groups is 1. The molecule has 0 bridgehead atoms. The average Bonchev–Trinajstić information content (AvgIpc) is 2.84. The smallest absolute Gasteiger partial charge is 0.267 e. The van der Waals surface area contributed by atoms with Gasteiger partial charge in [0, 0.05) is 36.5 Å². The summed E-state index contributed by atoms with van der Waals surface area (Å²) in [4.78, 5) is 25.6. The Morgan fingerprint density at radius 1 is 1.11 bits per heavy atom. The lowest BCUT2D eigenvalue weighted by molar-refractivity contribution is -0.119. The summed E-state index contributed by atoms with van der Waals surface area (Å²) in [5.74, 6) is 0.154. The molecule has 0 aliphatic rings. The summed E-state index contributed by atoms with van der Waals surface area (Å²) in [6.07, 6.45) is 0. The van der Waals surface area contributed by atoms with E-state index in [2.05, 4.69) is 10.4 Å². The number of hydrogen-bond acceptors (Lipinski definition) is 6. The van der Waals surface area contributed by atoms with Crippen LogP contribution >= 0.6 is 0 Å². The highest BCUT2D eigenvalue weighted by Crippen LogP contribution is 2.26. The van der Waals surface area contributed by atoms with Crippen molar-refractivity contribution in [3.05, 3.63) is 70.5 Å². The third kappa shape index (κ3) is 5.60. The highest BCUT2D eigenvalue weighted by molar-refractivity contribution is 7.89. The van der Waals surface area contributed by atoms with Gasteiger partial charge in [-0.3, -0.25) is 9.59 Å². The highest BCUT2D eigenvalue weighted by atomic mass is 32.2. The van der Waals surface area contributed by atoms with Gasteiger partial charge in [-0.05, 0) is 43.7 Å². The van der Waals surface area contributed by atoms with Crippen LogP contribution in [0, 0.1) is 6.92 Å². The van der Waals surface area contributed by atoms with Crippen molar-refractivity contribution in [1.29, 1.82) is 0 Å². The van der Waals surface area contributed by atoms with Gasteiger partial charge in [0.1, 0.15) is 11.8 Å². The minimum atomic E-state index is -3.69. The molecule has 1 atom stereocenters. The second kappa shape index (κ2) is 10.8. The number of ether oxygens (including phenoxy) is 1. The zero-order valence-corrected chi connectivity index (χ0v) is 21.3. The molecule has 0 saturated carbocycles. The molecule has 186 valence electrons. The number of amides is 1. The summed E-state index contributed by atoms with van der Waals surface area (Å²) in [6, 6.07) is 13.8. The van der Waals surface area contributed by atoms with Crippen LogP contribution in [0.2, 0.25) is 0 Å². The van der Waals surface area contributed by atoms with E-state index in [1.165, 1.54) is 23.5 Å². The largest absolute Gasteiger partial charge is 0.497 e. The number of carbonyl (C=O) groups excluding carboxylic acids is 1. The molecule has 1 amide bonds. The Morgan fingerprint density at radius 2 is 1.83 bits per heavy atom. The van der Waals surface area contributed by atoms with Gasteiger partial charge < -0.3 is 10.1 Å². The second-order valence-electron chi connectivity index (χ2n) is 7.97. The molecule has 3 rings (SSSR count). The lowest BCUT2D eigenvalue weighted by atomic mass is 10.1. The van der Waals surface area contributed by atoms with Crippen LogP contribution in [0.3, 0.4) is 0 Å². The Hall–Kier alpha value is -3.50. The van der Waals surface area contributed by atoms with Crippen LogP contribution in [0.15, 0.2) is 64.3 Å². The number of sulfonamides is 1. The number of aromatic nitrogens is 2. The van der Waals surface area contributed by atoms with Gasteiger partial charge in [0.2, 0.25) is 15.9 Å². The fourth-order valence-corrected chi connectivity index (χ4v) is 5.36. The summed E-state index contributed by atoms with van der Waals surface area (Å²) in [5, 5.41) is 7.15. The van der Waals surface area contributed by atoms with Crippen LogP contribution in [0.25, 0.3) is 11.3 Å². The zero-order valence-electron chi connectivity index (χ0n) is 20.5. The normalized spacial score (nSPS) is 12.4. The maximum Gasteiger partial charge on any atom is 0.267 e. The molecule has 0 aliphatic carbocycles.